The highest BCUT2D eigenvalue weighted by Gasteiger charge is 2.40. The Hall–Kier alpha value is -3.83. The van der Waals surface area contributed by atoms with Gasteiger partial charge in [-0.25, -0.2) is 18.2 Å². The molecule has 2 aromatic carbocycles. The third kappa shape index (κ3) is 9.16. The van der Waals surface area contributed by atoms with Gasteiger partial charge in [-0.2, -0.15) is 9.57 Å². The summed E-state index contributed by atoms with van der Waals surface area (Å²) < 4.78 is 28.8. The number of urea groups is 1. The molecule has 0 radical (unpaired) electrons. The van der Waals surface area contributed by atoms with Crippen LogP contribution >= 0.6 is 11.3 Å². The first-order chi connectivity index (χ1) is 22.3. The van der Waals surface area contributed by atoms with E-state index in [2.05, 4.69) is 10.3 Å². The number of aliphatic hydroxyl groups excluding tert-OH is 1. The first-order valence-electron chi connectivity index (χ1n) is 15.8. The van der Waals surface area contributed by atoms with Crippen molar-refractivity contribution in [1.82, 2.24) is 24.4 Å². The predicted octanol–water partition coefficient (Wildman–Crippen LogP) is 4.02. The van der Waals surface area contributed by atoms with Crippen LogP contribution in [0.15, 0.2) is 64.9 Å². The molecule has 13 heteroatoms. The second-order valence-electron chi connectivity index (χ2n) is 12.7. The number of aryl methyl sites for hydroxylation is 1. The number of carbonyl (C=O) groups excluding carboxylic acids is 2. The van der Waals surface area contributed by atoms with Crippen LogP contribution in [0.5, 0.6) is 0 Å². The van der Waals surface area contributed by atoms with Crippen LogP contribution in [0.2, 0.25) is 0 Å². The fraction of sp³-hybridized carbons (Fsp3) is 0.471. The third-order valence-corrected chi connectivity index (χ3v) is 10.7. The van der Waals surface area contributed by atoms with Crippen LogP contribution in [-0.4, -0.2) is 88.9 Å². The lowest BCUT2D eigenvalue weighted by atomic mass is 9.97. The van der Waals surface area contributed by atoms with E-state index in [1.165, 1.54) is 39.9 Å². The quantitative estimate of drug-likeness (QED) is 0.247. The van der Waals surface area contributed by atoms with E-state index in [1.54, 1.807) is 9.80 Å². The highest BCUT2D eigenvalue weighted by Crippen LogP contribution is 2.23. The maximum Gasteiger partial charge on any atom is 0.321 e. The van der Waals surface area contributed by atoms with Gasteiger partial charge >= 0.3 is 6.03 Å². The Balaban J connectivity index is 1.58. The van der Waals surface area contributed by atoms with Crippen molar-refractivity contribution in [2.24, 2.45) is 11.8 Å². The summed E-state index contributed by atoms with van der Waals surface area (Å²) in [6.07, 6.45) is -1.06. The van der Waals surface area contributed by atoms with E-state index in [0.29, 0.717) is 19.6 Å². The standard InChI is InChI=1S/C34H44N6O5S2/c1-23(2)19-39(47(44,45)29-13-9-12-27(16-29)18-35)21-31(41)30(17-26-10-7-6-8-11-26)37-33(42)32(24(3)4)40-15-14-38(34(40)43)20-28-22-46-25(5)36-28/h6-13,16,22-24,30-32,41H,14-15,17,19-21H2,1-5H3,(H,37,42)/t30-,31+,32-/m0/s1. The summed E-state index contributed by atoms with van der Waals surface area (Å²) in [5, 5.41) is 26.9. The Morgan fingerprint density at radius 1 is 1.11 bits per heavy atom. The number of carbonyl (C=O) groups is 2. The van der Waals surface area contributed by atoms with Crippen LogP contribution in [0.25, 0.3) is 0 Å². The number of sulfonamides is 1. The fourth-order valence-electron chi connectivity index (χ4n) is 5.80. The number of nitrogens with one attached hydrogen (secondary N) is 1. The zero-order valence-corrected chi connectivity index (χ0v) is 29.2. The van der Waals surface area contributed by atoms with Gasteiger partial charge in [0.25, 0.3) is 0 Å². The molecule has 0 saturated carbocycles. The topological polar surface area (TPSA) is 147 Å². The Kier molecular flexibility index (Phi) is 12.1. The lowest BCUT2D eigenvalue weighted by Crippen LogP contribution is -2.57. The van der Waals surface area contributed by atoms with Gasteiger partial charge in [0.15, 0.2) is 0 Å². The van der Waals surface area contributed by atoms with E-state index in [9.17, 15) is 28.4 Å². The maximum absolute atomic E-state index is 14.0. The number of benzene rings is 2. The van der Waals surface area contributed by atoms with Gasteiger partial charge in [0.1, 0.15) is 6.04 Å². The molecular formula is C34H44N6O5S2. The molecule has 1 fully saturated rings. The minimum atomic E-state index is -4.09. The van der Waals surface area contributed by atoms with E-state index < -0.39 is 34.1 Å². The second-order valence-corrected chi connectivity index (χ2v) is 15.7. The zero-order chi connectivity index (χ0) is 34.3. The molecule has 3 amide bonds. The first kappa shape index (κ1) is 36.0. The summed E-state index contributed by atoms with van der Waals surface area (Å²) in [7, 11) is -4.09. The number of hydrogen-bond donors (Lipinski definition) is 2. The monoisotopic (exact) mass is 680 g/mol. The highest BCUT2D eigenvalue weighted by atomic mass is 32.2. The normalized spacial score (nSPS) is 15.7. The number of nitriles is 1. The number of nitrogens with zero attached hydrogens (tertiary/aromatic N) is 5. The lowest BCUT2D eigenvalue weighted by Gasteiger charge is -2.34. The van der Waals surface area contributed by atoms with Gasteiger partial charge in [-0.15, -0.1) is 11.3 Å². The van der Waals surface area contributed by atoms with Gasteiger partial charge in [-0.05, 0) is 48.9 Å². The summed E-state index contributed by atoms with van der Waals surface area (Å²) in [6.45, 7) is 10.4. The molecule has 2 N–H and O–H groups in total. The van der Waals surface area contributed by atoms with E-state index in [4.69, 9.17) is 0 Å². The van der Waals surface area contributed by atoms with Crippen LogP contribution in [0.1, 0.15) is 49.5 Å². The van der Waals surface area contributed by atoms with Gasteiger partial charge in [0, 0.05) is 31.6 Å². The van der Waals surface area contributed by atoms with Crippen molar-refractivity contribution >= 4 is 33.3 Å². The number of thiazole rings is 1. The first-order valence-corrected chi connectivity index (χ1v) is 18.1. The van der Waals surface area contributed by atoms with Gasteiger partial charge in [-0.3, -0.25) is 4.79 Å². The zero-order valence-electron chi connectivity index (χ0n) is 27.5. The molecule has 4 rings (SSSR count). The van der Waals surface area contributed by atoms with Crippen LogP contribution in [-0.2, 0) is 27.8 Å². The van der Waals surface area contributed by atoms with Crippen LogP contribution in [0, 0.1) is 30.1 Å². The lowest BCUT2D eigenvalue weighted by molar-refractivity contribution is -0.128. The number of aliphatic hydroxyl groups is 1. The molecule has 0 unspecified atom stereocenters. The molecule has 0 bridgehead atoms. The molecule has 1 aliphatic heterocycles. The van der Waals surface area contributed by atoms with Gasteiger partial charge in [0.2, 0.25) is 15.9 Å². The molecule has 1 saturated heterocycles. The van der Waals surface area contributed by atoms with Crippen molar-refractivity contribution in [3.63, 3.8) is 0 Å². The number of aromatic nitrogens is 1. The number of amides is 3. The molecule has 2 heterocycles. The van der Waals surface area contributed by atoms with Crippen molar-refractivity contribution < 1.29 is 23.1 Å². The molecule has 11 nitrogen and oxygen atoms in total. The third-order valence-electron chi connectivity index (χ3n) is 8.03. The van der Waals surface area contributed by atoms with E-state index >= 15 is 0 Å². The highest BCUT2D eigenvalue weighted by molar-refractivity contribution is 7.89. The number of rotatable bonds is 15. The van der Waals surface area contributed by atoms with Crippen molar-refractivity contribution in [3.8, 4) is 6.07 Å². The summed E-state index contributed by atoms with van der Waals surface area (Å²) in [6, 6.07) is 15.2. The average molecular weight is 681 g/mol. The Morgan fingerprint density at radius 3 is 2.45 bits per heavy atom. The summed E-state index contributed by atoms with van der Waals surface area (Å²) in [5.41, 5.74) is 1.86. The summed E-state index contributed by atoms with van der Waals surface area (Å²) in [5.74, 6) is -0.722. The molecule has 3 atom stereocenters. The van der Waals surface area contributed by atoms with Crippen molar-refractivity contribution in [2.75, 3.05) is 26.2 Å². The average Bonchev–Trinajstić information content (AvgIpc) is 3.60. The van der Waals surface area contributed by atoms with E-state index in [0.717, 1.165) is 16.3 Å². The molecular weight excluding hydrogens is 637 g/mol. The Bertz CT molecular complexity index is 1670. The predicted molar refractivity (Wildman–Crippen MR) is 181 cm³/mol. The summed E-state index contributed by atoms with van der Waals surface area (Å²) >= 11 is 1.52. The largest absolute Gasteiger partial charge is 0.390 e. The SMILES string of the molecule is Cc1nc(CN2CCN([C@H](C(=O)N[C@@H](Cc3ccccc3)[C@H](O)CN(CC(C)C)S(=O)(=O)c3cccc(C#N)c3)C(C)C)C2=O)cs1. The Morgan fingerprint density at radius 2 is 1.83 bits per heavy atom. The van der Waals surface area contributed by atoms with Gasteiger partial charge in [-0.1, -0.05) is 64.1 Å². The van der Waals surface area contributed by atoms with Crippen molar-refractivity contribution in [2.45, 2.75) is 70.7 Å². The van der Waals surface area contributed by atoms with E-state index in [-0.39, 0.29) is 47.8 Å². The fourth-order valence-corrected chi connectivity index (χ4v) is 8.07. The smallest absolute Gasteiger partial charge is 0.321 e. The second kappa shape index (κ2) is 15.8. The molecule has 1 aliphatic rings. The summed E-state index contributed by atoms with van der Waals surface area (Å²) in [4.78, 5) is 35.2. The van der Waals surface area contributed by atoms with Crippen LogP contribution in [0.4, 0.5) is 4.79 Å². The Labute approximate surface area is 281 Å². The van der Waals surface area contributed by atoms with Gasteiger partial charge < -0.3 is 20.2 Å². The molecule has 0 aliphatic carbocycles. The molecule has 1 aromatic heterocycles. The molecule has 0 spiro atoms. The van der Waals surface area contributed by atoms with Gasteiger partial charge in [0.05, 0.1) is 45.9 Å². The maximum atomic E-state index is 14.0. The molecule has 47 heavy (non-hydrogen) atoms. The van der Waals surface area contributed by atoms with Crippen molar-refractivity contribution in [3.05, 3.63) is 81.8 Å². The van der Waals surface area contributed by atoms with Crippen LogP contribution in [0.3, 0.4) is 0 Å². The molecule has 252 valence electrons. The minimum Gasteiger partial charge on any atom is -0.390 e. The van der Waals surface area contributed by atoms with Crippen molar-refractivity contribution in [1.29, 1.82) is 5.26 Å². The number of hydrogen-bond acceptors (Lipinski definition) is 8. The minimum absolute atomic E-state index is 0.0437. The van der Waals surface area contributed by atoms with E-state index in [1.807, 2.05) is 76.4 Å². The van der Waals surface area contributed by atoms with Crippen LogP contribution < -0.4 is 5.32 Å². The molecule has 3 aromatic rings.